The van der Waals surface area contributed by atoms with Gasteiger partial charge >= 0.3 is 0 Å². The first kappa shape index (κ1) is 14.3. The largest absolute Gasteiger partial charge is 0.394 e. The molecule has 4 nitrogen and oxygen atoms in total. The van der Waals surface area contributed by atoms with Crippen LogP contribution in [0.3, 0.4) is 0 Å². The molecule has 5 heteroatoms. The van der Waals surface area contributed by atoms with E-state index >= 15 is 0 Å². The Balaban J connectivity index is 2.14. The fourth-order valence-corrected chi connectivity index (χ4v) is 2.53. The van der Waals surface area contributed by atoms with Crippen molar-refractivity contribution in [3.05, 3.63) is 28.5 Å². The third-order valence-electron chi connectivity index (χ3n) is 3.61. The lowest BCUT2D eigenvalue weighted by atomic mass is 9.77. The number of aryl methyl sites for hydroxylation is 1. The second kappa shape index (κ2) is 5.88. The molecule has 1 aromatic rings. The van der Waals surface area contributed by atoms with Crippen LogP contribution in [0.2, 0.25) is 5.15 Å². The molecule has 104 valence electrons. The number of amides is 1. The number of aliphatic hydroxyl groups is 1. The molecule has 0 aromatic carbocycles. The first-order valence-corrected chi connectivity index (χ1v) is 7.06. The summed E-state index contributed by atoms with van der Waals surface area (Å²) in [5, 5.41) is 12.6. The summed E-state index contributed by atoms with van der Waals surface area (Å²) in [5.74, 6) is -0.185. The number of hydrogen-bond acceptors (Lipinski definition) is 3. The summed E-state index contributed by atoms with van der Waals surface area (Å²) in [4.78, 5) is 16.4. The van der Waals surface area contributed by atoms with Gasteiger partial charge in [0.2, 0.25) is 0 Å². The first-order valence-electron chi connectivity index (χ1n) is 6.68. The number of nitrogens with one attached hydrogen (secondary N) is 1. The Kier molecular flexibility index (Phi) is 4.42. The second-order valence-corrected chi connectivity index (χ2v) is 5.55. The number of aliphatic hydroxyl groups excluding tert-OH is 1. The number of carbonyl (C=O) groups excluding carboxylic acids is 1. The van der Waals surface area contributed by atoms with Crippen LogP contribution in [0.1, 0.15) is 48.7 Å². The minimum absolute atomic E-state index is 0.0145. The molecule has 1 aliphatic rings. The number of aromatic nitrogens is 1. The predicted molar refractivity (Wildman–Crippen MR) is 74.4 cm³/mol. The van der Waals surface area contributed by atoms with Crippen molar-refractivity contribution in [1.82, 2.24) is 10.3 Å². The van der Waals surface area contributed by atoms with Crippen LogP contribution >= 0.6 is 11.6 Å². The predicted octanol–water partition coefficient (Wildman–Crippen LogP) is 2.33. The van der Waals surface area contributed by atoms with Gasteiger partial charge in [0.25, 0.3) is 5.91 Å². The fourth-order valence-electron chi connectivity index (χ4n) is 2.31. The molecule has 1 fully saturated rings. The van der Waals surface area contributed by atoms with Crippen LogP contribution in [-0.4, -0.2) is 28.1 Å². The van der Waals surface area contributed by atoms with E-state index in [-0.39, 0.29) is 12.5 Å². The van der Waals surface area contributed by atoms with Crippen LogP contribution in [0.15, 0.2) is 12.1 Å². The van der Waals surface area contributed by atoms with Crippen LogP contribution in [0.25, 0.3) is 0 Å². The number of halogens is 1. The maximum Gasteiger partial charge on any atom is 0.251 e. The lowest BCUT2D eigenvalue weighted by Crippen LogP contribution is -2.56. The molecule has 0 saturated heterocycles. The van der Waals surface area contributed by atoms with Crippen LogP contribution in [0.4, 0.5) is 0 Å². The molecule has 1 aliphatic carbocycles. The van der Waals surface area contributed by atoms with Gasteiger partial charge < -0.3 is 10.4 Å². The average molecular weight is 283 g/mol. The van der Waals surface area contributed by atoms with Crippen molar-refractivity contribution in [3.63, 3.8) is 0 Å². The minimum atomic E-state index is -0.433. The Bertz CT molecular complexity index is 467. The molecular weight excluding hydrogens is 264 g/mol. The van der Waals surface area contributed by atoms with E-state index in [1.807, 2.05) is 0 Å². The maximum absolute atomic E-state index is 12.2. The molecule has 0 spiro atoms. The van der Waals surface area contributed by atoms with Gasteiger partial charge in [0.15, 0.2) is 0 Å². The van der Waals surface area contributed by atoms with E-state index in [1.54, 1.807) is 12.1 Å². The minimum Gasteiger partial charge on any atom is -0.394 e. The van der Waals surface area contributed by atoms with E-state index < -0.39 is 5.54 Å². The topological polar surface area (TPSA) is 62.2 Å². The lowest BCUT2D eigenvalue weighted by molar-refractivity contribution is 0.0641. The number of carbonyl (C=O) groups is 1. The van der Waals surface area contributed by atoms with Crippen molar-refractivity contribution in [1.29, 1.82) is 0 Å². The summed E-state index contributed by atoms with van der Waals surface area (Å²) in [5.41, 5.74) is 0.910. The van der Waals surface area contributed by atoms with E-state index in [2.05, 4.69) is 17.2 Å². The van der Waals surface area contributed by atoms with Gasteiger partial charge in [0, 0.05) is 11.3 Å². The van der Waals surface area contributed by atoms with Gasteiger partial charge in [-0.3, -0.25) is 4.79 Å². The Morgan fingerprint density at radius 2 is 2.26 bits per heavy atom. The Morgan fingerprint density at radius 3 is 2.79 bits per heavy atom. The highest BCUT2D eigenvalue weighted by Crippen LogP contribution is 2.31. The second-order valence-electron chi connectivity index (χ2n) is 5.17. The Hall–Kier alpha value is -1.13. The third-order valence-corrected chi connectivity index (χ3v) is 3.80. The zero-order valence-corrected chi connectivity index (χ0v) is 11.8. The molecule has 1 aromatic heterocycles. The van der Waals surface area contributed by atoms with Gasteiger partial charge in [-0.05, 0) is 37.8 Å². The molecule has 19 heavy (non-hydrogen) atoms. The summed E-state index contributed by atoms with van der Waals surface area (Å²) in [6.07, 6.45) is 4.45. The van der Waals surface area contributed by atoms with E-state index in [4.69, 9.17) is 11.6 Å². The van der Waals surface area contributed by atoms with E-state index in [9.17, 15) is 9.90 Å². The molecule has 1 heterocycles. The average Bonchev–Trinajstić information content (AvgIpc) is 2.33. The summed E-state index contributed by atoms with van der Waals surface area (Å²) >= 11 is 5.94. The quantitative estimate of drug-likeness (QED) is 0.815. The zero-order chi connectivity index (χ0) is 13.9. The molecule has 1 amide bonds. The molecule has 0 atom stereocenters. The Morgan fingerprint density at radius 1 is 1.53 bits per heavy atom. The number of rotatable bonds is 5. The zero-order valence-electron chi connectivity index (χ0n) is 11.1. The highest BCUT2D eigenvalue weighted by atomic mass is 35.5. The van der Waals surface area contributed by atoms with Crippen molar-refractivity contribution in [2.75, 3.05) is 6.61 Å². The normalized spacial score (nSPS) is 16.8. The van der Waals surface area contributed by atoms with Crippen LogP contribution in [0, 0.1) is 0 Å². The molecule has 0 aliphatic heterocycles. The summed E-state index contributed by atoms with van der Waals surface area (Å²) in [6, 6.07) is 3.34. The summed E-state index contributed by atoms with van der Waals surface area (Å²) in [6.45, 7) is 2.04. The van der Waals surface area contributed by atoms with Gasteiger partial charge in [-0.1, -0.05) is 24.9 Å². The van der Waals surface area contributed by atoms with E-state index in [1.165, 1.54) is 0 Å². The molecule has 0 bridgehead atoms. The monoisotopic (exact) mass is 282 g/mol. The van der Waals surface area contributed by atoms with Crippen LogP contribution in [0.5, 0.6) is 0 Å². The van der Waals surface area contributed by atoms with Crippen molar-refractivity contribution in [3.8, 4) is 0 Å². The van der Waals surface area contributed by atoms with Crippen molar-refractivity contribution in [2.24, 2.45) is 0 Å². The molecule has 0 unspecified atom stereocenters. The molecule has 1 saturated carbocycles. The van der Waals surface area contributed by atoms with Crippen LogP contribution < -0.4 is 5.32 Å². The smallest absolute Gasteiger partial charge is 0.251 e. The SMILES string of the molecule is CCCc1cc(C(=O)NC2(CO)CCC2)cc(Cl)n1. The van der Waals surface area contributed by atoms with Gasteiger partial charge in [-0.2, -0.15) is 0 Å². The molecular formula is C14H19ClN2O2. The first-order chi connectivity index (χ1) is 9.08. The summed E-state index contributed by atoms with van der Waals surface area (Å²) < 4.78 is 0. The number of pyridine rings is 1. The lowest BCUT2D eigenvalue weighted by Gasteiger charge is -2.40. The number of nitrogens with zero attached hydrogens (tertiary/aromatic N) is 1. The summed E-state index contributed by atoms with van der Waals surface area (Å²) in [7, 11) is 0. The highest BCUT2D eigenvalue weighted by Gasteiger charge is 2.37. The highest BCUT2D eigenvalue weighted by molar-refractivity contribution is 6.29. The van der Waals surface area contributed by atoms with E-state index in [0.29, 0.717) is 10.7 Å². The van der Waals surface area contributed by atoms with Gasteiger partial charge in [0.1, 0.15) is 5.15 Å². The fraction of sp³-hybridized carbons (Fsp3) is 0.571. The van der Waals surface area contributed by atoms with Crippen LogP contribution in [-0.2, 0) is 6.42 Å². The van der Waals surface area contributed by atoms with Gasteiger partial charge in [-0.25, -0.2) is 4.98 Å². The van der Waals surface area contributed by atoms with Gasteiger partial charge in [-0.15, -0.1) is 0 Å². The van der Waals surface area contributed by atoms with E-state index in [0.717, 1.165) is 37.8 Å². The van der Waals surface area contributed by atoms with Crippen molar-refractivity contribution < 1.29 is 9.90 Å². The van der Waals surface area contributed by atoms with Gasteiger partial charge in [0.05, 0.1) is 12.1 Å². The molecule has 2 N–H and O–H groups in total. The Labute approximate surface area is 118 Å². The van der Waals surface area contributed by atoms with Crippen molar-refractivity contribution in [2.45, 2.75) is 44.6 Å². The third kappa shape index (κ3) is 3.25. The molecule has 0 radical (unpaired) electrons. The van der Waals surface area contributed by atoms with Crippen molar-refractivity contribution >= 4 is 17.5 Å². The maximum atomic E-state index is 12.2. The molecule has 2 rings (SSSR count). The standard InChI is InChI=1S/C14H19ClN2O2/c1-2-4-11-7-10(8-12(15)16-11)13(19)17-14(9-18)5-3-6-14/h7-8,18H,2-6,9H2,1H3,(H,17,19). The number of hydrogen-bond donors (Lipinski definition) is 2.